The molecule has 0 radical (unpaired) electrons. The lowest BCUT2D eigenvalue weighted by atomic mass is 9.64. The maximum absolute atomic E-state index is 10.6. The van der Waals surface area contributed by atoms with Gasteiger partial charge in [0.15, 0.2) is 5.50 Å². The van der Waals surface area contributed by atoms with E-state index in [1.807, 2.05) is 27.7 Å². The van der Waals surface area contributed by atoms with Gasteiger partial charge in [0.25, 0.3) is 0 Å². The van der Waals surface area contributed by atoms with Gasteiger partial charge in [-0.2, -0.15) is 0 Å². The van der Waals surface area contributed by atoms with E-state index in [1.54, 1.807) is 0 Å². The fourth-order valence-electron chi connectivity index (χ4n) is 2.35. The molecule has 2 heterocycles. The minimum Gasteiger partial charge on any atom is -0.401 e. The molecule has 110 valence electrons. The predicted octanol–water partition coefficient (Wildman–Crippen LogP) is -0.511. The van der Waals surface area contributed by atoms with Crippen LogP contribution in [0.5, 0.6) is 0 Å². The van der Waals surface area contributed by atoms with E-state index in [0.717, 1.165) is 0 Å². The minimum absolute atomic E-state index is 0.138. The largest absolute Gasteiger partial charge is 0.497 e. The zero-order valence-electron chi connectivity index (χ0n) is 12.1. The van der Waals surface area contributed by atoms with Gasteiger partial charge in [-0.1, -0.05) is 0 Å². The van der Waals surface area contributed by atoms with Crippen molar-refractivity contribution in [2.75, 3.05) is 6.61 Å². The van der Waals surface area contributed by atoms with Gasteiger partial charge in [0.1, 0.15) is 12.2 Å². The van der Waals surface area contributed by atoms with Crippen molar-refractivity contribution >= 4 is 7.12 Å². The fourth-order valence-corrected chi connectivity index (χ4v) is 2.35. The molecule has 2 fully saturated rings. The molecule has 0 aromatic heterocycles. The van der Waals surface area contributed by atoms with Crippen molar-refractivity contribution in [3.8, 4) is 0 Å². The fraction of sp³-hybridized carbons (Fsp3) is 1.00. The van der Waals surface area contributed by atoms with Crippen molar-refractivity contribution in [3.05, 3.63) is 0 Å². The summed E-state index contributed by atoms with van der Waals surface area (Å²) in [6.45, 7) is 8.83. The highest BCUT2D eigenvalue weighted by Gasteiger charge is 2.65. The van der Waals surface area contributed by atoms with Crippen LogP contribution in [0, 0.1) is 0 Å². The molecule has 2 aliphatic heterocycles. The normalized spacial score (nSPS) is 42.6. The smallest absolute Gasteiger partial charge is 0.401 e. The average molecular weight is 274 g/mol. The van der Waals surface area contributed by atoms with E-state index in [0.29, 0.717) is 0 Å². The Morgan fingerprint density at radius 1 is 1.16 bits per heavy atom. The molecule has 0 amide bonds. The van der Waals surface area contributed by atoms with Gasteiger partial charge in [-0.3, -0.25) is 0 Å². The first-order valence-corrected chi connectivity index (χ1v) is 6.57. The third-order valence-electron chi connectivity index (χ3n) is 4.47. The Kier molecular flexibility index (Phi) is 3.53. The van der Waals surface area contributed by atoms with Crippen molar-refractivity contribution in [1.29, 1.82) is 0 Å². The highest BCUT2D eigenvalue weighted by molar-refractivity contribution is 6.49. The van der Waals surface area contributed by atoms with E-state index in [9.17, 15) is 15.3 Å². The summed E-state index contributed by atoms with van der Waals surface area (Å²) in [5.41, 5.74) is -2.88. The molecule has 2 aliphatic rings. The first-order chi connectivity index (χ1) is 8.51. The predicted molar refractivity (Wildman–Crippen MR) is 68.5 cm³/mol. The lowest BCUT2D eigenvalue weighted by Gasteiger charge is -2.32. The minimum atomic E-state index is -1.67. The topological polar surface area (TPSA) is 88.4 Å². The molecule has 7 heteroatoms. The van der Waals surface area contributed by atoms with Crippen LogP contribution in [0.2, 0.25) is 0 Å². The zero-order valence-corrected chi connectivity index (χ0v) is 12.1. The van der Waals surface area contributed by atoms with E-state index in [4.69, 9.17) is 14.0 Å². The van der Waals surface area contributed by atoms with Crippen molar-refractivity contribution in [3.63, 3.8) is 0 Å². The molecule has 19 heavy (non-hydrogen) atoms. The van der Waals surface area contributed by atoms with Crippen LogP contribution in [0.4, 0.5) is 0 Å². The van der Waals surface area contributed by atoms with E-state index in [2.05, 4.69) is 0 Å². The Morgan fingerprint density at radius 2 is 1.63 bits per heavy atom. The van der Waals surface area contributed by atoms with E-state index in [1.165, 1.54) is 6.92 Å². The first kappa shape index (κ1) is 15.2. The van der Waals surface area contributed by atoms with Crippen LogP contribution < -0.4 is 0 Å². The second-order valence-corrected chi connectivity index (χ2v) is 6.54. The zero-order chi connectivity index (χ0) is 14.6. The van der Waals surface area contributed by atoms with Gasteiger partial charge in [-0.05, 0) is 34.6 Å². The molecule has 0 spiro atoms. The quantitative estimate of drug-likeness (QED) is 0.588. The highest BCUT2D eigenvalue weighted by Crippen LogP contribution is 2.42. The summed E-state index contributed by atoms with van der Waals surface area (Å²) in [5, 5.41) is 30.3. The summed E-state index contributed by atoms with van der Waals surface area (Å²) >= 11 is 0. The van der Waals surface area contributed by atoms with Crippen LogP contribution in [0.3, 0.4) is 0 Å². The first-order valence-electron chi connectivity index (χ1n) is 6.57. The SMILES string of the molecule is CC(O)[C@H]1OC[C@@](O)(B2OC(C)(C)C(C)(C)O2)[C@@H]1O. The summed E-state index contributed by atoms with van der Waals surface area (Å²) in [5.74, 6) is 0. The number of rotatable bonds is 2. The lowest BCUT2D eigenvalue weighted by molar-refractivity contribution is -0.0535. The van der Waals surface area contributed by atoms with Crippen LogP contribution in [-0.4, -0.2) is 64.1 Å². The number of hydrogen-bond acceptors (Lipinski definition) is 6. The van der Waals surface area contributed by atoms with Gasteiger partial charge in [0.2, 0.25) is 0 Å². The third kappa shape index (κ3) is 2.22. The van der Waals surface area contributed by atoms with Crippen LogP contribution >= 0.6 is 0 Å². The van der Waals surface area contributed by atoms with Gasteiger partial charge in [0, 0.05) is 0 Å². The number of ether oxygens (including phenoxy) is 1. The number of aliphatic hydroxyl groups excluding tert-OH is 2. The van der Waals surface area contributed by atoms with Crippen LogP contribution in [0.1, 0.15) is 34.6 Å². The summed E-state index contributed by atoms with van der Waals surface area (Å²) in [4.78, 5) is 0. The Balaban J connectivity index is 2.20. The molecule has 0 aliphatic carbocycles. The Bertz CT molecular complexity index is 342. The Hall–Kier alpha value is -0.175. The molecular formula is C12H23BO6. The van der Waals surface area contributed by atoms with Crippen LogP contribution in [0.15, 0.2) is 0 Å². The van der Waals surface area contributed by atoms with Crippen LogP contribution in [-0.2, 0) is 14.0 Å². The second kappa shape index (κ2) is 4.41. The summed E-state index contributed by atoms with van der Waals surface area (Å²) in [6.07, 6.45) is -2.99. The summed E-state index contributed by atoms with van der Waals surface area (Å²) < 4.78 is 16.8. The molecule has 2 rings (SSSR count). The molecular weight excluding hydrogens is 251 g/mol. The standard InChI is InChI=1S/C12H23BO6/c1-7(14)8-9(15)12(16,6-17-8)13-18-10(2,3)11(4,5)19-13/h7-9,14-16H,6H2,1-5H3/t7?,8-,9-,12+/m1/s1. The second-order valence-electron chi connectivity index (χ2n) is 6.54. The van der Waals surface area contributed by atoms with E-state index >= 15 is 0 Å². The molecule has 6 nitrogen and oxygen atoms in total. The monoisotopic (exact) mass is 274 g/mol. The molecule has 0 saturated carbocycles. The Morgan fingerprint density at radius 3 is 2.00 bits per heavy atom. The molecule has 2 saturated heterocycles. The van der Waals surface area contributed by atoms with Gasteiger partial charge < -0.3 is 29.4 Å². The maximum Gasteiger partial charge on any atom is 0.497 e. The molecule has 0 aromatic carbocycles. The van der Waals surface area contributed by atoms with Crippen molar-refractivity contribution in [2.45, 2.75) is 69.6 Å². The van der Waals surface area contributed by atoms with Gasteiger partial charge >= 0.3 is 7.12 Å². The molecule has 0 aromatic rings. The van der Waals surface area contributed by atoms with Gasteiger partial charge in [-0.15, -0.1) is 0 Å². The number of hydrogen-bond donors (Lipinski definition) is 3. The molecule has 0 bridgehead atoms. The molecule has 4 atom stereocenters. The van der Waals surface area contributed by atoms with Crippen molar-refractivity contribution in [1.82, 2.24) is 0 Å². The van der Waals surface area contributed by atoms with Crippen molar-refractivity contribution in [2.24, 2.45) is 0 Å². The summed E-state index contributed by atoms with van der Waals surface area (Å²) in [7, 11) is -0.990. The summed E-state index contributed by atoms with van der Waals surface area (Å²) in [6, 6.07) is 0. The Labute approximate surface area is 113 Å². The van der Waals surface area contributed by atoms with Gasteiger partial charge in [0.05, 0.1) is 23.9 Å². The van der Waals surface area contributed by atoms with E-state index in [-0.39, 0.29) is 6.61 Å². The van der Waals surface area contributed by atoms with Crippen molar-refractivity contribution < 1.29 is 29.4 Å². The van der Waals surface area contributed by atoms with E-state index < -0.39 is 42.1 Å². The molecule has 1 unspecified atom stereocenters. The average Bonchev–Trinajstić information content (AvgIpc) is 2.65. The lowest BCUT2D eigenvalue weighted by Crippen LogP contribution is -2.58. The highest BCUT2D eigenvalue weighted by atomic mass is 16.7. The van der Waals surface area contributed by atoms with Crippen LogP contribution in [0.25, 0.3) is 0 Å². The third-order valence-corrected chi connectivity index (χ3v) is 4.47. The van der Waals surface area contributed by atoms with Gasteiger partial charge in [-0.25, -0.2) is 0 Å². The number of aliphatic hydroxyl groups is 3. The maximum atomic E-state index is 10.6. The molecule has 3 N–H and O–H groups in total.